The second-order valence-electron chi connectivity index (χ2n) is 13.1. The Morgan fingerprint density at radius 3 is 1.47 bits per heavy atom. The standard InChI is InChI=1S/C21H36O8SSi.C10H20O5Si.C8H16O4Si/c1-7-18(22)27-15-21(9-3,16-28-19(23)8-2)17-29-20(24)11-13-30-12-10-14-31(6,25-4)26-5;1-9(2)10(11)15-7-6-8-16(12-3,13-4)14-5;1-6-13(10-4,11-5)12-8(9)7(2)3/h7-8H,1-2,9-17H2,3-6H3;1,6-8H2,2-5H3;2,6H2,1,3-5H3. The van der Waals surface area contributed by atoms with Crippen molar-refractivity contribution in [1.29, 1.82) is 0 Å². The van der Waals surface area contributed by atoms with E-state index in [0.29, 0.717) is 48.4 Å². The molecule has 0 aliphatic carbocycles. The fourth-order valence-electron chi connectivity index (χ4n) is 4.23. The molecule has 0 aliphatic heterocycles. The van der Waals surface area contributed by atoms with Gasteiger partial charge in [-0.05, 0) is 51.5 Å². The van der Waals surface area contributed by atoms with E-state index in [1.54, 1.807) is 61.2 Å². The molecule has 0 fully saturated rings. The van der Waals surface area contributed by atoms with Gasteiger partial charge in [0.25, 0.3) is 0 Å². The van der Waals surface area contributed by atoms with Crippen molar-refractivity contribution in [2.24, 2.45) is 5.41 Å². The molecule has 348 valence electrons. The lowest BCUT2D eigenvalue weighted by atomic mass is 9.88. The minimum absolute atomic E-state index is 0.0342. The summed E-state index contributed by atoms with van der Waals surface area (Å²) in [6, 6.07) is 2.06. The third-order valence-electron chi connectivity index (χ3n) is 8.69. The first-order valence-corrected chi connectivity index (χ1v) is 26.6. The predicted octanol–water partition coefficient (Wildman–Crippen LogP) is 5.99. The topological polar surface area (TPSA) is 196 Å². The van der Waals surface area contributed by atoms with Crippen LogP contribution in [0.5, 0.6) is 0 Å². The van der Waals surface area contributed by atoms with Crippen molar-refractivity contribution < 1.29 is 78.3 Å². The number of esters is 4. The van der Waals surface area contributed by atoms with E-state index in [1.807, 2.05) is 20.4 Å². The fraction of sp³-hybridized carbons (Fsp3) is 0.667. The highest BCUT2D eigenvalue weighted by Crippen LogP contribution is 2.25. The number of carbonyl (C=O) groups excluding carboxylic acids is 5. The highest BCUT2D eigenvalue weighted by molar-refractivity contribution is 7.99. The molecule has 0 saturated heterocycles. The Morgan fingerprint density at radius 1 is 0.617 bits per heavy atom. The van der Waals surface area contributed by atoms with Gasteiger partial charge in [-0.3, -0.25) is 4.79 Å². The number of rotatable bonds is 31. The number of thioether (sulfide) groups is 1. The second-order valence-corrected chi connectivity index (χ2v) is 24.1. The van der Waals surface area contributed by atoms with E-state index in [4.69, 9.17) is 54.4 Å². The third-order valence-corrected chi connectivity index (χ3v) is 18.2. The zero-order chi connectivity index (χ0) is 46.8. The van der Waals surface area contributed by atoms with E-state index in [2.05, 4.69) is 26.3 Å². The van der Waals surface area contributed by atoms with Crippen LogP contribution in [0.25, 0.3) is 0 Å². The second kappa shape index (κ2) is 34.6. The number of ether oxygens (including phenoxy) is 4. The highest BCUT2D eigenvalue weighted by Gasteiger charge is 2.41. The summed E-state index contributed by atoms with van der Waals surface area (Å²) in [5.74, 6) is -0.864. The number of carbonyl (C=O) groups is 5. The normalized spacial score (nSPS) is 11.3. The summed E-state index contributed by atoms with van der Waals surface area (Å²) >= 11 is 1.67. The Labute approximate surface area is 365 Å². The molecule has 0 aliphatic rings. The van der Waals surface area contributed by atoms with Crippen molar-refractivity contribution in [1.82, 2.24) is 0 Å². The van der Waals surface area contributed by atoms with E-state index in [0.717, 1.165) is 30.4 Å². The van der Waals surface area contributed by atoms with Crippen molar-refractivity contribution in [2.45, 2.75) is 78.1 Å². The minimum Gasteiger partial charge on any atom is -0.470 e. The van der Waals surface area contributed by atoms with Crippen LogP contribution in [0, 0.1) is 5.41 Å². The molecule has 0 unspecified atom stereocenters. The molecule has 0 rings (SSSR count). The Morgan fingerprint density at radius 2 is 1.08 bits per heavy atom. The summed E-state index contributed by atoms with van der Waals surface area (Å²) in [4.78, 5) is 57.3. The van der Waals surface area contributed by atoms with Crippen LogP contribution in [-0.2, 0) is 78.3 Å². The summed E-state index contributed by atoms with van der Waals surface area (Å²) in [6.07, 6.45) is 4.40. The van der Waals surface area contributed by atoms with Gasteiger partial charge in [-0.2, -0.15) is 11.8 Å². The lowest BCUT2D eigenvalue weighted by Gasteiger charge is -2.30. The van der Waals surface area contributed by atoms with Crippen LogP contribution < -0.4 is 0 Å². The van der Waals surface area contributed by atoms with Crippen molar-refractivity contribution in [3.05, 3.63) is 49.6 Å². The van der Waals surface area contributed by atoms with Crippen molar-refractivity contribution in [3.8, 4) is 0 Å². The molecule has 0 heterocycles. The van der Waals surface area contributed by atoms with Crippen molar-refractivity contribution in [2.75, 3.05) is 87.7 Å². The molecule has 0 spiro atoms. The van der Waals surface area contributed by atoms with Gasteiger partial charge in [-0.25, -0.2) is 19.2 Å². The van der Waals surface area contributed by atoms with E-state index in [1.165, 1.54) is 14.2 Å². The van der Waals surface area contributed by atoms with E-state index < -0.39 is 49.5 Å². The van der Waals surface area contributed by atoms with Gasteiger partial charge in [0, 0.05) is 90.9 Å². The zero-order valence-electron chi connectivity index (χ0n) is 38.0. The maximum atomic E-state index is 12.2. The van der Waals surface area contributed by atoms with E-state index in [-0.39, 0.29) is 38.2 Å². The summed E-state index contributed by atoms with van der Waals surface area (Å²) in [5, 5.41) is 0. The molecule has 0 amide bonds. The molecule has 0 aromatic heterocycles. The number of hydrogen-bond acceptors (Lipinski definition) is 18. The maximum Gasteiger partial charge on any atom is 0.567 e. The Kier molecular flexibility index (Phi) is 35.4. The predicted molar refractivity (Wildman–Crippen MR) is 236 cm³/mol. The molecular weight excluding hydrogens is 857 g/mol. The van der Waals surface area contributed by atoms with Crippen LogP contribution in [0.15, 0.2) is 49.6 Å². The molecule has 21 heteroatoms. The summed E-state index contributed by atoms with van der Waals surface area (Å²) in [6.45, 7) is 22.7. The zero-order valence-corrected chi connectivity index (χ0v) is 41.8. The quantitative estimate of drug-likeness (QED) is 0.0258. The van der Waals surface area contributed by atoms with Gasteiger partial charge >= 0.3 is 56.0 Å². The molecule has 0 saturated carbocycles. The molecule has 0 radical (unpaired) electrons. The number of hydrogen-bond donors (Lipinski definition) is 0. The summed E-state index contributed by atoms with van der Waals surface area (Å²) < 4.78 is 62.5. The Balaban J connectivity index is -0.000000930. The van der Waals surface area contributed by atoms with Gasteiger partial charge in [-0.1, -0.05) is 40.2 Å². The van der Waals surface area contributed by atoms with E-state index in [9.17, 15) is 24.0 Å². The van der Waals surface area contributed by atoms with Gasteiger partial charge in [0.05, 0.1) is 18.4 Å². The summed E-state index contributed by atoms with van der Waals surface area (Å²) in [5.41, 5.74) is -0.0941. The van der Waals surface area contributed by atoms with Gasteiger partial charge < -0.3 is 54.4 Å². The molecule has 60 heavy (non-hydrogen) atoms. The van der Waals surface area contributed by atoms with Crippen LogP contribution in [0.3, 0.4) is 0 Å². The lowest BCUT2D eigenvalue weighted by Crippen LogP contribution is -2.45. The van der Waals surface area contributed by atoms with Crippen LogP contribution >= 0.6 is 11.8 Å². The van der Waals surface area contributed by atoms with Crippen LogP contribution in [0.2, 0.25) is 24.7 Å². The van der Waals surface area contributed by atoms with Crippen LogP contribution in [0.1, 0.15) is 53.4 Å². The molecule has 0 bridgehead atoms. The van der Waals surface area contributed by atoms with Gasteiger partial charge in [0.15, 0.2) is 0 Å². The maximum absolute atomic E-state index is 12.2. The first kappa shape index (κ1) is 61.3. The monoisotopic (exact) mass is 928 g/mol. The Hall–Kier alpha value is -2.97. The minimum atomic E-state index is -2.75. The lowest BCUT2D eigenvalue weighted by molar-refractivity contribution is -0.158. The fourth-order valence-corrected chi connectivity index (χ4v) is 9.95. The molecule has 17 nitrogen and oxygen atoms in total. The van der Waals surface area contributed by atoms with E-state index >= 15 is 0 Å². The Bertz CT molecular complexity index is 1280. The van der Waals surface area contributed by atoms with Gasteiger partial charge in [0.1, 0.15) is 19.8 Å². The van der Waals surface area contributed by atoms with Gasteiger partial charge in [-0.15, -0.1) is 0 Å². The average Bonchev–Trinajstić information content (AvgIpc) is 3.26. The van der Waals surface area contributed by atoms with Gasteiger partial charge in [0.2, 0.25) is 0 Å². The smallest absolute Gasteiger partial charge is 0.470 e. The van der Waals surface area contributed by atoms with Crippen LogP contribution in [0.4, 0.5) is 0 Å². The average molecular weight is 929 g/mol. The van der Waals surface area contributed by atoms with Crippen molar-refractivity contribution >= 4 is 67.8 Å². The molecule has 0 aromatic rings. The third kappa shape index (κ3) is 27.1. The highest BCUT2D eigenvalue weighted by atomic mass is 32.2. The van der Waals surface area contributed by atoms with Crippen molar-refractivity contribution in [3.63, 3.8) is 0 Å². The molecular formula is C39H72O17SSi3. The van der Waals surface area contributed by atoms with Crippen LogP contribution in [-0.4, -0.2) is 144 Å². The SMILES string of the molecule is C=C(C)C(=O)OCCC[Si](OC)(OC)OC.C=C(C)C(=O)O[Si](CC)(OC)OC.C=CC(=O)OCC(CC)(COC(=O)C=C)COC(=O)CCSCCC[Si](C)(OC)OC. The largest absolute Gasteiger partial charge is 0.567 e. The first-order valence-electron chi connectivity index (χ1n) is 19.1. The molecule has 0 aromatic carbocycles. The molecule has 0 atom stereocenters. The molecule has 0 N–H and O–H groups in total. The summed E-state index contributed by atoms with van der Waals surface area (Å²) in [7, 11) is 3.64. The first-order chi connectivity index (χ1) is 28.2.